The molecule has 2 unspecified atom stereocenters. The van der Waals surface area contributed by atoms with E-state index in [2.05, 4.69) is 23.8 Å². The maximum Gasteiger partial charge on any atom is 0.165 e. The zero-order valence-electron chi connectivity index (χ0n) is 18.7. The summed E-state index contributed by atoms with van der Waals surface area (Å²) in [5, 5.41) is 8.73. The summed E-state index contributed by atoms with van der Waals surface area (Å²) in [7, 11) is 1.46. The highest BCUT2D eigenvalue weighted by Gasteiger charge is 2.23. The third-order valence-electron chi connectivity index (χ3n) is 6.02. The number of aliphatic imine (C=N–C) groups is 1. The van der Waals surface area contributed by atoms with Crippen molar-refractivity contribution in [2.75, 3.05) is 7.11 Å². The van der Waals surface area contributed by atoms with Gasteiger partial charge in [0.25, 0.3) is 0 Å². The van der Waals surface area contributed by atoms with Gasteiger partial charge in [-0.2, -0.15) is 0 Å². The average Bonchev–Trinajstić information content (AvgIpc) is 2.91. The van der Waals surface area contributed by atoms with Crippen molar-refractivity contribution in [3.63, 3.8) is 0 Å². The highest BCUT2D eigenvalue weighted by Crippen LogP contribution is 2.38. The van der Waals surface area contributed by atoms with Crippen LogP contribution in [0, 0.1) is 23.1 Å². The van der Waals surface area contributed by atoms with Gasteiger partial charge in [-0.1, -0.05) is 38.1 Å². The smallest absolute Gasteiger partial charge is 0.165 e. The molecule has 1 aliphatic rings. The van der Waals surface area contributed by atoms with Crippen molar-refractivity contribution < 1.29 is 9.13 Å². The molecule has 1 N–H and O–H groups in total. The number of hydrogen-bond acceptors (Lipinski definition) is 4. The number of halogens is 1. The molecule has 2 atom stereocenters. The lowest BCUT2D eigenvalue weighted by Gasteiger charge is -2.17. The van der Waals surface area contributed by atoms with E-state index in [0.717, 1.165) is 39.2 Å². The van der Waals surface area contributed by atoms with E-state index in [1.165, 1.54) is 13.2 Å². The zero-order valence-corrected chi connectivity index (χ0v) is 18.7. The predicted octanol–water partition coefficient (Wildman–Crippen LogP) is 6.95. The fraction of sp³-hybridized carbons (Fsp3) is 0.222. The van der Waals surface area contributed by atoms with Crippen LogP contribution in [0.5, 0.6) is 5.75 Å². The maximum atomic E-state index is 14.4. The Morgan fingerprint density at radius 1 is 1.06 bits per heavy atom. The Labute approximate surface area is 188 Å². The number of hydrogen-bond donors (Lipinski definition) is 1. The third-order valence-corrected chi connectivity index (χ3v) is 6.02. The topological polar surface area (TPSA) is 58.3 Å². The number of nitrogens with zero attached hydrogens (tertiary/aromatic N) is 2. The molecule has 0 amide bonds. The summed E-state index contributed by atoms with van der Waals surface area (Å²) in [6.45, 7) is 6.04. The molecule has 0 aliphatic carbocycles. The van der Waals surface area contributed by atoms with Gasteiger partial charge in [-0.15, -0.1) is 0 Å². The van der Waals surface area contributed by atoms with E-state index in [1.54, 1.807) is 12.3 Å². The first kappa shape index (κ1) is 21.6. The fourth-order valence-corrected chi connectivity index (χ4v) is 3.97. The maximum absolute atomic E-state index is 14.4. The zero-order chi connectivity index (χ0) is 22.8. The number of ether oxygens (including phenoxy) is 1. The Hall–Kier alpha value is -3.60. The molecule has 3 aromatic rings. The molecule has 4 nitrogen and oxygen atoms in total. The van der Waals surface area contributed by atoms with E-state index < -0.39 is 5.82 Å². The van der Waals surface area contributed by atoms with Gasteiger partial charge in [-0.25, -0.2) is 4.39 Å². The van der Waals surface area contributed by atoms with E-state index in [4.69, 9.17) is 10.1 Å². The van der Waals surface area contributed by atoms with E-state index in [0.29, 0.717) is 5.71 Å². The molecular weight excluding hydrogens is 401 g/mol. The minimum atomic E-state index is -0.415. The van der Waals surface area contributed by atoms with E-state index in [-0.39, 0.29) is 17.6 Å². The standard InChI is InChI=1S/C27H26FN3O/c1-5-7-18-13-23(28)25(32-4)14-21(18)27-20(8-6-11-30-27)19-9-10-24-22(12-19)26(29)17(3)16(2)15-31-24/h5-17,29H,1-4H3. The summed E-state index contributed by atoms with van der Waals surface area (Å²) >= 11 is 0. The molecule has 5 heteroatoms. The highest BCUT2D eigenvalue weighted by molar-refractivity contribution is 6.07. The first-order chi connectivity index (χ1) is 15.4. The van der Waals surface area contributed by atoms with Crippen molar-refractivity contribution in [3.8, 4) is 28.1 Å². The lowest BCUT2D eigenvalue weighted by molar-refractivity contribution is 0.386. The summed E-state index contributed by atoms with van der Waals surface area (Å²) in [5.74, 6) is 0.0284. The Kier molecular flexibility index (Phi) is 5.99. The third kappa shape index (κ3) is 3.86. The second kappa shape index (κ2) is 8.87. The molecule has 0 saturated carbocycles. The van der Waals surface area contributed by atoms with Crippen LogP contribution in [-0.4, -0.2) is 24.0 Å². The fourth-order valence-electron chi connectivity index (χ4n) is 3.97. The second-order valence-corrected chi connectivity index (χ2v) is 8.05. The minimum absolute atomic E-state index is 0.0753. The summed E-state index contributed by atoms with van der Waals surface area (Å²) in [6, 6.07) is 13.0. The van der Waals surface area contributed by atoms with Gasteiger partial charge < -0.3 is 10.1 Å². The normalized spacial score (nSPS) is 18.0. The number of allylic oxidation sites excluding steroid dienone is 1. The summed E-state index contributed by atoms with van der Waals surface area (Å²) in [4.78, 5) is 9.26. The van der Waals surface area contributed by atoms with Crippen LogP contribution in [0.25, 0.3) is 28.5 Å². The summed E-state index contributed by atoms with van der Waals surface area (Å²) in [6.07, 6.45) is 7.39. The number of rotatable bonds is 4. The molecule has 0 saturated heterocycles. The highest BCUT2D eigenvalue weighted by atomic mass is 19.1. The number of methoxy groups -OCH3 is 1. The Morgan fingerprint density at radius 3 is 2.62 bits per heavy atom. The molecule has 0 fully saturated rings. The molecule has 2 heterocycles. The molecule has 2 aromatic carbocycles. The van der Waals surface area contributed by atoms with Crippen molar-refractivity contribution in [1.82, 2.24) is 4.98 Å². The molecule has 0 spiro atoms. The first-order valence-electron chi connectivity index (χ1n) is 10.7. The van der Waals surface area contributed by atoms with E-state index >= 15 is 0 Å². The minimum Gasteiger partial charge on any atom is -0.494 e. The molecule has 32 heavy (non-hydrogen) atoms. The molecular formula is C27H26FN3O. The van der Waals surface area contributed by atoms with Crippen molar-refractivity contribution in [2.24, 2.45) is 16.8 Å². The summed E-state index contributed by atoms with van der Waals surface area (Å²) < 4.78 is 19.7. The number of pyridine rings is 1. The van der Waals surface area contributed by atoms with Gasteiger partial charge in [0, 0.05) is 40.7 Å². The van der Waals surface area contributed by atoms with Crippen LogP contribution in [0.2, 0.25) is 0 Å². The van der Waals surface area contributed by atoms with Crippen molar-refractivity contribution in [1.29, 1.82) is 5.41 Å². The molecule has 162 valence electrons. The van der Waals surface area contributed by atoms with Gasteiger partial charge in [-0.05, 0) is 54.3 Å². The van der Waals surface area contributed by atoms with Crippen LogP contribution >= 0.6 is 0 Å². The van der Waals surface area contributed by atoms with Gasteiger partial charge in [-0.3, -0.25) is 9.98 Å². The van der Waals surface area contributed by atoms with Crippen LogP contribution in [0.3, 0.4) is 0 Å². The number of fused-ring (bicyclic) bond motifs is 1. The molecule has 1 aromatic heterocycles. The van der Waals surface area contributed by atoms with Gasteiger partial charge in [0.05, 0.1) is 18.5 Å². The van der Waals surface area contributed by atoms with Crippen molar-refractivity contribution in [2.45, 2.75) is 20.8 Å². The summed E-state index contributed by atoms with van der Waals surface area (Å²) in [5.41, 5.74) is 6.27. The monoisotopic (exact) mass is 427 g/mol. The Balaban J connectivity index is 1.91. The van der Waals surface area contributed by atoms with Gasteiger partial charge in [0.2, 0.25) is 0 Å². The number of benzene rings is 2. The molecule has 4 rings (SSSR count). The Bertz CT molecular complexity index is 1250. The van der Waals surface area contributed by atoms with Crippen molar-refractivity contribution >= 4 is 23.7 Å². The molecule has 0 bridgehead atoms. The van der Waals surface area contributed by atoms with Gasteiger partial charge >= 0.3 is 0 Å². The van der Waals surface area contributed by atoms with Gasteiger partial charge in [0.1, 0.15) is 0 Å². The quantitative estimate of drug-likeness (QED) is 0.490. The Morgan fingerprint density at radius 2 is 1.88 bits per heavy atom. The average molecular weight is 428 g/mol. The van der Waals surface area contributed by atoms with E-state index in [1.807, 2.05) is 55.6 Å². The lowest BCUT2D eigenvalue weighted by Crippen LogP contribution is -2.18. The number of nitrogens with one attached hydrogen (secondary N) is 1. The van der Waals surface area contributed by atoms with Crippen LogP contribution in [0.15, 0.2) is 59.7 Å². The SMILES string of the molecule is CC=Cc1cc(F)c(OC)cc1-c1ncccc1-c1ccc2c(c1)C(=N)C(C)C(C)C=N2. The van der Waals surface area contributed by atoms with Crippen LogP contribution in [0.4, 0.5) is 10.1 Å². The second-order valence-electron chi connectivity index (χ2n) is 8.05. The predicted molar refractivity (Wildman–Crippen MR) is 130 cm³/mol. The largest absolute Gasteiger partial charge is 0.494 e. The number of aromatic nitrogens is 1. The van der Waals surface area contributed by atoms with Crippen LogP contribution in [-0.2, 0) is 0 Å². The van der Waals surface area contributed by atoms with Crippen molar-refractivity contribution in [3.05, 3.63) is 71.7 Å². The van der Waals surface area contributed by atoms with E-state index in [9.17, 15) is 4.39 Å². The lowest BCUT2D eigenvalue weighted by atomic mass is 9.87. The van der Waals surface area contributed by atoms with Crippen LogP contribution in [0.1, 0.15) is 31.9 Å². The first-order valence-corrected chi connectivity index (χ1v) is 10.7. The van der Waals surface area contributed by atoms with Crippen LogP contribution < -0.4 is 4.74 Å². The molecule has 1 aliphatic heterocycles. The van der Waals surface area contributed by atoms with Gasteiger partial charge in [0.15, 0.2) is 11.6 Å². The molecule has 0 radical (unpaired) electrons.